The predicted octanol–water partition coefficient (Wildman–Crippen LogP) is 3.28. The molecule has 4 heteroatoms. The molecule has 0 aromatic heterocycles. The van der Waals surface area contributed by atoms with Gasteiger partial charge in [-0.15, -0.1) is 0 Å². The Morgan fingerprint density at radius 1 is 1.14 bits per heavy atom. The number of rotatable bonds is 2. The van der Waals surface area contributed by atoms with Crippen LogP contribution in [0.2, 0.25) is 0 Å². The molecule has 0 amide bonds. The van der Waals surface area contributed by atoms with Gasteiger partial charge >= 0.3 is 6.18 Å². The Morgan fingerprint density at radius 3 is 2.36 bits per heavy atom. The molecule has 0 saturated heterocycles. The maximum atomic E-state index is 12.5. The van der Waals surface area contributed by atoms with E-state index in [2.05, 4.69) is 5.32 Å². The maximum Gasteiger partial charge on any atom is 0.418 e. The summed E-state index contributed by atoms with van der Waals surface area (Å²) in [5.74, 6) is 0. The summed E-state index contributed by atoms with van der Waals surface area (Å²) in [4.78, 5) is 0. The number of para-hydroxylation sites is 1. The van der Waals surface area contributed by atoms with Crippen molar-refractivity contribution < 1.29 is 13.2 Å². The molecule has 1 aromatic rings. The Hall–Kier alpha value is -1.19. The number of hydrogen-bond donors (Lipinski definition) is 1. The Labute approximate surface area is 79.9 Å². The summed E-state index contributed by atoms with van der Waals surface area (Å²) in [6.07, 6.45) is -2.34. The van der Waals surface area contributed by atoms with Gasteiger partial charge < -0.3 is 5.32 Å². The standard InChI is InChI=1S/C10H10F3N/c11-10(12,13)8-3-1-2-4-9(8)14-7-5-6-7/h1-4,7,14H,5-6H2. The fourth-order valence-corrected chi connectivity index (χ4v) is 1.30. The van der Waals surface area contributed by atoms with Gasteiger partial charge in [-0.3, -0.25) is 0 Å². The summed E-state index contributed by atoms with van der Waals surface area (Å²) in [5.41, 5.74) is -0.380. The van der Waals surface area contributed by atoms with Crippen molar-refractivity contribution in [3.05, 3.63) is 29.8 Å². The van der Waals surface area contributed by atoms with Crippen molar-refractivity contribution in [2.45, 2.75) is 25.1 Å². The van der Waals surface area contributed by atoms with E-state index < -0.39 is 11.7 Å². The molecular formula is C10H10F3N. The molecule has 14 heavy (non-hydrogen) atoms. The summed E-state index contributed by atoms with van der Waals surface area (Å²) in [6.45, 7) is 0. The molecule has 0 unspecified atom stereocenters. The van der Waals surface area contributed by atoms with Crippen molar-refractivity contribution in [2.24, 2.45) is 0 Å². The second-order valence-electron chi connectivity index (χ2n) is 3.46. The van der Waals surface area contributed by atoms with Crippen LogP contribution in [0.4, 0.5) is 18.9 Å². The lowest BCUT2D eigenvalue weighted by Gasteiger charge is -2.13. The van der Waals surface area contributed by atoms with E-state index in [4.69, 9.17) is 0 Å². The van der Waals surface area contributed by atoms with Crippen LogP contribution in [0.5, 0.6) is 0 Å². The number of hydrogen-bond acceptors (Lipinski definition) is 1. The second-order valence-corrected chi connectivity index (χ2v) is 3.46. The number of benzene rings is 1. The first-order chi connectivity index (χ1) is 6.57. The lowest BCUT2D eigenvalue weighted by atomic mass is 10.1. The van der Waals surface area contributed by atoms with Crippen molar-refractivity contribution in [1.29, 1.82) is 0 Å². The highest BCUT2D eigenvalue weighted by Gasteiger charge is 2.34. The second kappa shape index (κ2) is 3.19. The lowest BCUT2D eigenvalue weighted by molar-refractivity contribution is -0.136. The molecular weight excluding hydrogens is 191 g/mol. The SMILES string of the molecule is FC(F)(F)c1ccccc1NC1CC1. The molecule has 1 saturated carbocycles. The Morgan fingerprint density at radius 2 is 1.79 bits per heavy atom. The summed E-state index contributed by atoms with van der Waals surface area (Å²) in [6, 6.07) is 5.82. The number of anilines is 1. The van der Waals surface area contributed by atoms with Crippen LogP contribution < -0.4 is 5.32 Å². The molecule has 1 aliphatic rings. The summed E-state index contributed by atoms with van der Waals surface area (Å²) in [5, 5.41) is 2.87. The monoisotopic (exact) mass is 201 g/mol. The van der Waals surface area contributed by atoms with Gasteiger partial charge in [-0.2, -0.15) is 13.2 Å². The van der Waals surface area contributed by atoms with Gasteiger partial charge in [0.05, 0.1) is 5.56 Å². The molecule has 0 aliphatic heterocycles. The highest BCUT2D eigenvalue weighted by Crippen LogP contribution is 2.36. The number of nitrogens with one attached hydrogen (secondary N) is 1. The first-order valence-corrected chi connectivity index (χ1v) is 4.50. The van der Waals surface area contributed by atoms with Gasteiger partial charge in [0.15, 0.2) is 0 Å². The molecule has 0 bridgehead atoms. The first kappa shape index (κ1) is 9.37. The number of halogens is 3. The molecule has 0 heterocycles. The third-order valence-corrected chi connectivity index (χ3v) is 2.17. The Kier molecular flexibility index (Phi) is 2.13. The summed E-state index contributed by atoms with van der Waals surface area (Å²) in [7, 11) is 0. The Balaban J connectivity index is 2.27. The zero-order chi connectivity index (χ0) is 10.2. The van der Waals surface area contributed by atoms with Gasteiger partial charge in [-0.25, -0.2) is 0 Å². The zero-order valence-electron chi connectivity index (χ0n) is 7.43. The minimum absolute atomic E-state index is 0.197. The van der Waals surface area contributed by atoms with Gasteiger partial charge in [0.2, 0.25) is 0 Å². The van der Waals surface area contributed by atoms with Crippen molar-refractivity contribution >= 4 is 5.69 Å². The quantitative estimate of drug-likeness (QED) is 0.774. The molecule has 76 valence electrons. The molecule has 1 nitrogen and oxygen atoms in total. The fourth-order valence-electron chi connectivity index (χ4n) is 1.30. The fraction of sp³-hybridized carbons (Fsp3) is 0.400. The van der Waals surface area contributed by atoms with E-state index in [-0.39, 0.29) is 11.7 Å². The Bertz CT molecular complexity index is 328. The molecule has 0 spiro atoms. The molecule has 0 radical (unpaired) electrons. The van der Waals surface area contributed by atoms with Gasteiger partial charge in [0, 0.05) is 11.7 Å². The van der Waals surface area contributed by atoms with E-state index in [1.165, 1.54) is 12.1 Å². The van der Waals surface area contributed by atoms with Crippen LogP contribution in [-0.2, 0) is 6.18 Å². The van der Waals surface area contributed by atoms with Gasteiger partial charge in [-0.1, -0.05) is 12.1 Å². The highest BCUT2D eigenvalue weighted by atomic mass is 19.4. The van der Waals surface area contributed by atoms with Crippen molar-refractivity contribution in [3.63, 3.8) is 0 Å². The number of alkyl halides is 3. The van der Waals surface area contributed by atoms with E-state index in [1.807, 2.05) is 0 Å². The minimum Gasteiger partial charge on any atom is -0.382 e. The van der Waals surface area contributed by atoms with Crippen molar-refractivity contribution in [1.82, 2.24) is 0 Å². The average Bonchev–Trinajstić information content (AvgIpc) is 2.87. The maximum absolute atomic E-state index is 12.5. The summed E-state index contributed by atoms with van der Waals surface area (Å²) >= 11 is 0. The summed E-state index contributed by atoms with van der Waals surface area (Å²) < 4.78 is 37.4. The van der Waals surface area contributed by atoms with Gasteiger partial charge in [-0.05, 0) is 25.0 Å². The van der Waals surface area contributed by atoms with Crippen LogP contribution in [0.3, 0.4) is 0 Å². The van der Waals surface area contributed by atoms with Crippen LogP contribution in [0, 0.1) is 0 Å². The third kappa shape index (κ3) is 2.00. The van der Waals surface area contributed by atoms with E-state index in [0.29, 0.717) is 0 Å². The van der Waals surface area contributed by atoms with E-state index in [1.54, 1.807) is 6.07 Å². The van der Waals surface area contributed by atoms with Crippen LogP contribution in [0.1, 0.15) is 18.4 Å². The molecule has 2 rings (SSSR count). The molecule has 0 atom stereocenters. The van der Waals surface area contributed by atoms with Crippen LogP contribution >= 0.6 is 0 Å². The average molecular weight is 201 g/mol. The minimum atomic E-state index is -4.27. The molecule has 1 aliphatic carbocycles. The smallest absolute Gasteiger partial charge is 0.382 e. The predicted molar refractivity (Wildman–Crippen MR) is 48.1 cm³/mol. The molecule has 1 N–H and O–H groups in total. The van der Waals surface area contributed by atoms with Crippen LogP contribution in [0.15, 0.2) is 24.3 Å². The highest BCUT2D eigenvalue weighted by molar-refractivity contribution is 5.53. The normalized spacial score (nSPS) is 16.8. The molecule has 1 fully saturated rings. The topological polar surface area (TPSA) is 12.0 Å². The van der Waals surface area contributed by atoms with Gasteiger partial charge in [0.25, 0.3) is 0 Å². The third-order valence-electron chi connectivity index (χ3n) is 2.17. The van der Waals surface area contributed by atoms with Crippen LogP contribution in [-0.4, -0.2) is 6.04 Å². The van der Waals surface area contributed by atoms with E-state index >= 15 is 0 Å². The van der Waals surface area contributed by atoms with E-state index in [0.717, 1.165) is 18.9 Å². The zero-order valence-corrected chi connectivity index (χ0v) is 7.43. The largest absolute Gasteiger partial charge is 0.418 e. The van der Waals surface area contributed by atoms with E-state index in [9.17, 15) is 13.2 Å². The lowest BCUT2D eigenvalue weighted by Crippen LogP contribution is -2.11. The van der Waals surface area contributed by atoms with Crippen molar-refractivity contribution in [2.75, 3.05) is 5.32 Å². The van der Waals surface area contributed by atoms with Crippen molar-refractivity contribution in [3.8, 4) is 0 Å². The molecule has 1 aromatic carbocycles. The van der Waals surface area contributed by atoms with Gasteiger partial charge in [0.1, 0.15) is 0 Å². The first-order valence-electron chi connectivity index (χ1n) is 4.50. The van der Waals surface area contributed by atoms with Crippen LogP contribution in [0.25, 0.3) is 0 Å².